The molecule has 1 aromatic carbocycles. The van der Waals surface area contributed by atoms with E-state index in [2.05, 4.69) is 5.32 Å². The van der Waals surface area contributed by atoms with Gasteiger partial charge in [-0.3, -0.25) is 0 Å². The minimum absolute atomic E-state index is 0.397. The fourth-order valence-corrected chi connectivity index (χ4v) is 3.26. The van der Waals surface area contributed by atoms with Gasteiger partial charge in [0, 0.05) is 5.41 Å². The highest BCUT2D eigenvalue weighted by Crippen LogP contribution is 2.54. The van der Waals surface area contributed by atoms with Crippen molar-refractivity contribution in [3.05, 3.63) is 35.9 Å². The predicted molar refractivity (Wildman–Crippen MR) is 70.7 cm³/mol. The summed E-state index contributed by atoms with van der Waals surface area (Å²) in [6.45, 7) is 1.94. The van der Waals surface area contributed by atoms with Crippen LogP contribution in [-0.2, 0) is 10.2 Å². The maximum Gasteiger partial charge on any atom is 0.330 e. The van der Waals surface area contributed by atoms with Gasteiger partial charge in [-0.15, -0.1) is 0 Å². The molecule has 2 amide bonds. The molecule has 0 bridgehead atoms. The Morgan fingerprint density at radius 3 is 2.32 bits per heavy atom. The summed E-state index contributed by atoms with van der Waals surface area (Å²) in [7, 11) is 0. The topological polar surface area (TPSA) is 92.4 Å². The van der Waals surface area contributed by atoms with Gasteiger partial charge in [0.2, 0.25) is 0 Å². The van der Waals surface area contributed by atoms with Gasteiger partial charge >= 0.3 is 12.0 Å². The average molecular weight is 262 g/mol. The summed E-state index contributed by atoms with van der Waals surface area (Å²) >= 11 is 0. The number of benzene rings is 1. The van der Waals surface area contributed by atoms with Crippen LogP contribution in [-0.4, -0.2) is 22.6 Å². The van der Waals surface area contributed by atoms with E-state index < -0.39 is 23.0 Å². The van der Waals surface area contributed by atoms with E-state index in [1.54, 1.807) is 0 Å². The number of amides is 2. The number of carboxylic acid groups (broad SMARTS) is 1. The van der Waals surface area contributed by atoms with Crippen LogP contribution in [0.4, 0.5) is 4.79 Å². The van der Waals surface area contributed by atoms with Crippen LogP contribution in [0.2, 0.25) is 0 Å². The van der Waals surface area contributed by atoms with Gasteiger partial charge in [0.05, 0.1) is 0 Å². The van der Waals surface area contributed by atoms with E-state index >= 15 is 0 Å². The molecule has 0 aromatic heterocycles. The van der Waals surface area contributed by atoms with Crippen LogP contribution in [0, 0.1) is 0 Å². The van der Waals surface area contributed by atoms with Gasteiger partial charge in [-0.05, 0) is 24.8 Å². The number of primary amides is 1. The minimum atomic E-state index is -1.30. The second-order valence-electron chi connectivity index (χ2n) is 5.00. The van der Waals surface area contributed by atoms with E-state index in [0.29, 0.717) is 12.8 Å². The fraction of sp³-hybridized carbons (Fsp3) is 0.429. The molecule has 1 fully saturated rings. The molecule has 4 N–H and O–H groups in total. The smallest absolute Gasteiger partial charge is 0.330 e. The van der Waals surface area contributed by atoms with Crippen LogP contribution in [0.5, 0.6) is 0 Å². The molecule has 2 unspecified atom stereocenters. The lowest BCUT2D eigenvalue weighted by Gasteiger charge is -2.56. The summed E-state index contributed by atoms with van der Waals surface area (Å²) < 4.78 is 0. The van der Waals surface area contributed by atoms with Crippen LogP contribution in [0.15, 0.2) is 30.3 Å². The van der Waals surface area contributed by atoms with Gasteiger partial charge in [-0.2, -0.15) is 0 Å². The second kappa shape index (κ2) is 4.57. The summed E-state index contributed by atoms with van der Waals surface area (Å²) in [6.07, 6.45) is 1.75. The van der Waals surface area contributed by atoms with Crippen molar-refractivity contribution < 1.29 is 14.7 Å². The number of nitrogens with one attached hydrogen (secondary N) is 1. The Balaban J connectivity index is 2.50. The molecule has 1 aliphatic carbocycles. The average Bonchev–Trinajstić information content (AvgIpc) is 2.36. The van der Waals surface area contributed by atoms with E-state index in [-0.39, 0.29) is 0 Å². The summed E-state index contributed by atoms with van der Waals surface area (Å²) in [4.78, 5) is 22.9. The third kappa shape index (κ3) is 1.77. The van der Waals surface area contributed by atoms with Crippen molar-refractivity contribution in [2.45, 2.75) is 37.1 Å². The summed E-state index contributed by atoms with van der Waals surface area (Å²) in [5.41, 5.74) is 4.21. The fourth-order valence-electron chi connectivity index (χ4n) is 3.26. The van der Waals surface area contributed by atoms with Crippen molar-refractivity contribution >= 4 is 12.0 Å². The first-order valence-electron chi connectivity index (χ1n) is 6.35. The highest BCUT2D eigenvalue weighted by atomic mass is 16.4. The van der Waals surface area contributed by atoms with E-state index in [9.17, 15) is 14.7 Å². The first-order chi connectivity index (χ1) is 8.98. The molecule has 1 aromatic rings. The molecule has 19 heavy (non-hydrogen) atoms. The zero-order valence-electron chi connectivity index (χ0n) is 10.8. The third-order valence-corrected chi connectivity index (χ3v) is 4.38. The third-order valence-electron chi connectivity index (χ3n) is 4.38. The summed E-state index contributed by atoms with van der Waals surface area (Å²) in [5, 5.41) is 12.1. The normalized spacial score (nSPS) is 29.3. The monoisotopic (exact) mass is 262 g/mol. The number of carbonyl (C=O) groups is 2. The van der Waals surface area contributed by atoms with Crippen LogP contribution >= 0.6 is 0 Å². The molecule has 2 rings (SSSR count). The molecule has 0 radical (unpaired) electrons. The van der Waals surface area contributed by atoms with Gasteiger partial charge in [0.25, 0.3) is 0 Å². The second-order valence-corrected chi connectivity index (χ2v) is 5.00. The number of carbonyl (C=O) groups excluding carboxylic acids is 1. The van der Waals surface area contributed by atoms with Crippen LogP contribution in [0.25, 0.3) is 0 Å². The van der Waals surface area contributed by atoms with Gasteiger partial charge in [-0.1, -0.05) is 37.3 Å². The number of carboxylic acids is 1. The number of aliphatic carboxylic acids is 1. The molecule has 5 heteroatoms. The minimum Gasteiger partial charge on any atom is -0.479 e. The van der Waals surface area contributed by atoms with E-state index in [4.69, 9.17) is 5.73 Å². The molecule has 1 saturated carbocycles. The standard InChI is InChI=1S/C14H18N2O3/c1-2-13(10-6-4-3-5-7-10)8-9-14(13,11(17)18)16-12(15)19/h3-7H,2,8-9H2,1H3,(H,17,18)(H3,15,16,19). The van der Waals surface area contributed by atoms with Crippen molar-refractivity contribution in [3.8, 4) is 0 Å². The largest absolute Gasteiger partial charge is 0.479 e. The SMILES string of the molecule is CCC1(c2ccccc2)CCC1(NC(N)=O)C(=O)O. The van der Waals surface area contributed by atoms with Crippen molar-refractivity contribution in [1.82, 2.24) is 5.32 Å². The van der Waals surface area contributed by atoms with Crippen LogP contribution < -0.4 is 11.1 Å². The van der Waals surface area contributed by atoms with Gasteiger partial charge < -0.3 is 16.2 Å². The van der Waals surface area contributed by atoms with Crippen molar-refractivity contribution in [2.24, 2.45) is 5.73 Å². The number of nitrogens with two attached hydrogens (primary N) is 1. The quantitative estimate of drug-likeness (QED) is 0.769. The lowest BCUT2D eigenvalue weighted by molar-refractivity contribution is -0.155. The number of rotatable bonds is 4. The molecule has 0 aliphatic heterocycles. The Morgan fingerprint density at radius 1 is 1.32 bits per heavy atom. The Morgan fingerprint density at radius 2 is 1.95 bits per heavy atom. The van der Waals surface area contributed by atoms with Crippen LogP contribution in [0.1, 0.15) is 31.7 Å². The molecule has 2 atom stereocenters. The zero-order chi connectivity index (χ0) is 14.1. The maximum atomic E-state index is 11.7. The van der Waals surface area contributed by atoms with Gasteiger partial charge in [0.15, 0.2) is 0 Å². The Bertz CT molecular complexity index is 499. The predicted octanol–water partition coefficient (Wildman–Crippen LogP) is 1.62. The molecule has 0 saturated heterocycles. The lowest BCUT2D eigenvalue weighted by Crippen LogP contribution is -2.73. The number of hydrogen-bond donors (Lipinski definition) is 3. The molecule has 102 valence electrons. The maximum absolute atomic E-state index is 11.7. The highest BCUT2D eigenvalue weighted by molar-refractivity contribution is 5.89. The molecule has 0 spiro atoms. The van der Waals surface area contributed by atoms with Gasteiger partial charge in [0.1, 0.15) is 5.54 Å². The van der Waals surface area contributed by atoms with Crippen molar-refractivity contribution in [1.29, 1.82) is 0 Å². The highest BCUT2D eigenvalue weighted by Gasteiger charge is 2.64. The van der Waals surface area contributed by atoms with Crippen molar-refractivity contribution in [2.75, 3.05) is 0 Å². The summed E-state index contributed by atoms with van der Waals surface area (Å²) in [5.74, 6) is -1.02. The lowest BCUT2D eigenvalue weighted by atomic mass is 9.50. The molecule has 0 heterocycles. The molecule has 1 aliphatic rings. The van der Waals surface area contributed by atoms with E-state index in [0.717, 1.165) is 12.0 Å². The molecular weight excluding hydrogens is 244 g/mol. The zero-order valence-corrected chi connectivity index (χ0v) is 10.8. The van der Waals surface area contributed by atoms with E-state index in [1.165, 1.54) is 0 Å². The number of urea groups is 1. The Labute approximate surface area is 111 Å². The number of hydrogen-bond acceptors (Lipinski definition) is 2. The first-order valence-corrected chi connectivity index (χ1v) is 6.35. The van der Waals surface area contributed by atoms with Gasteiger partial charge in [-0.25, -0.2) is 9.59 Å². The first kappa shape index (κ1) is 13.4. The summed E-state index contributed by atoms with van der Waals surface area (Å²) in [6, 6.07) is 8.65. The Hall–Kier alpha value is -2.04. The molecular formula is C14H18N2O3. The molecule has 5 nitrogen and oxygen atoms in total. The van der Waals surface area contributed by atoms with Crippen LogP contribution in [0.3, 0.4) is 0 Å². The van der Waals surface area contributed by atoms with E-state index in [1.807, 2.05) is 37.3 Å². The van der Waals surface area contributed by atoms with Crippen molar-refractivity contribution in [3.63, 3.8) is 0 Å². The Kier molecular flexibility index (Phi) is 3.22.